The fourth-order valence-corrected chi connectivity index (χ4v) is 2.12. The summed E-state index contributed by atoms with van der Waals surface area (Å²) in [6.45, 7) is 1.83. The molecule has 0 saturated heterocycles. The summed E-state index contributed by atoms with van der Waals surface area (Å²) in [5.41, 5.74) is 1.21. The first-order valence-electron chi connectivity index (χ1n) is 5.54. The highest BCUT2D eigenvalue weighted by Crippen LogP contribution is 2.29. The molecule has 2 rings (SSSR count). The Morgan fingerprint density at radius 1 is 1.47 bits per heavy atom. The zero-order chi connectivity index (χ0) is 14.0. The van der Waals surface area contributed by atoms with Gasteiger partial charge >= 0.3 is 0 Å². The van der Waals surface area contributed by atoms with Crippen LogP contribution in [0.4, 0.5) is 5.82 Å². The predicted molar refractivity (Wildman–Crippen MR) is 74.4 cm³/mol. The second kappa shape index (κ2) is 5.40. The minimum absolute atomic E-state index is 0.290. The number of hydrogen-bond donors (Lipinski definition) is 1. The number of halogens is 1. The van der Waals surface area contributed by atoms with Gasteiger partial charge in [-0.3, -0.25) is 9.48 Å². The fraction of sp³-hybridized carbons (Fsp3) is 0.250. The molecule has 0 bridgehead atoms. The van der Waals surface area contributed by atoms with Gasteiger partial charge in [0.1, 0.15) is 5.75 Å². The lowest BCUT2D eigenvalue weighted by molar-refractivity contribution is 0.102. The molecule has 1 aromatic carbocycles. The van der Waals surface area contributed by atoms with Crippen LogP contribution in [-0.4, -0.2) is 28.0 Å². The van der Waals surface area contributed by atoms with E-state index in [9.17, 15) is 4.79 Å². The Morgan fingerprint density at radius 2 is 2.21 bits per heavy atom. The highest BCUT2D eigenvalue weighted by Gasteiger charge is 2.17. The Bertz CT molecular complexity index is 624. The van der Waals surface area contributed by atoms with Gasteiger partial charge in [-0.25, -0.2) is 0 Å². The maximum absolute atomic E-state index is 12.2. The molecule has 1 aromatic heterocycles. The number of carbonyl (C=O) groups is 1. The molecular formula is C12H13BrN4O2. The number of nitrogens with zero attached hydrogens (tertiary/aromatic N) is 3. The Morgan fingerprint density at radius 3 is 2.79 bits per heavy atom. The van der Waals surface area contributed by atoms with Gasteiger partial charge in [0.2, 0.25) is 0 Å². The molecule has 2 aromatic rings. The molecule has 0 atom stereocenters. The van der Waals surface area contributed by atoms with Crippen LogP contribution in [0.2, 0.25) is 0 Å². The topological polar surface area (TPSA) is 69.0 Å². The molecule has 1 heterocycles. The molecule has 6 nitrogen and oxygen atoms in total. The smallest absolute Gasteiger partial charge is 0.260 e. The molecular weight excluding hydrogens is 312 g/mol. The molecule has 1 amide bonds. The number of aromatic nitrogens is 3. The molecule has 0 saturated carbocycles. The van der Waals surface area contributed by atoms with E-state index in [1.54, 1.807) is 23.9 Å². The van der Waals surface area contributed by atoms with E-state index < -0.39 is 0 Å². The first-order chi connectivity index (χ1) is 9.04. The second-order valence-electron chi connectivity index (χ2n) is 3.92. The fourth-order valence-electron chi connectivity index (χ4n) is 1.59. The van der Waals surface area contributed by atoms with Crippen molar-refractivity contribution in [3.63, 3.8) is 0 Å². The predicted octanol–water partition coefficient (Wildman–Crippen LogP) is 2.15. The Balaban J connectivity index is 2.30. The number of amides is 1. The summed E-state index contributed by atoms with van der Waals surface area (Å²) in [4.78, 5) is 12.2. The van der Waals surface area contributed by atoms with Gasteiger partial charge in [0.15, 0.2) is 5.82 Å². The number of ether oxygens (including phenoxy) is 1. The molecule has 0 radical (unpaired) electrons. The van der Waals surface area contributed by atoms with Gasteiger partial charge in [-0.15, -0.1) is 5.10 Å². The number of carbonyl (C=O) groups excluding carboxylic acids is 1. The van der Waals surface area contributed by atoms with Crippen LogP contribution in [0.25, 0.3) is 0 Å². The molecule has 1 N–H and O–H groups in total. The standard InChI is InChI=1S/C12H13BrN4O2/c1-7-11(15-16-17(7)2)14-12(18)8-5-4-6-9(13)10(8)19-3/h4-6H,1-3H3,(H,14,18). The van der Waals surface area contributed by atoms with Crippen molar-refractivity contribution >= 4 is 27.7 Å². The lowest BCUT2D eigenvalue weighted by atomic mass is 10.2. The third-order valence-corrected chi connectivity index (χ3v) is 3.38. The number of aryl methyl sites for hydroxylation is 1. The lowest BCUT2D eigenvalue weighted by Gasteiger charge is -2.09. The summed E-state index contributed by atoms with van der Waals surface area (Å²) >= 11 is 3.34. The van der Waals surface area contributed by atoms with Crippen molar-refractivity contribution in [1.29, 1.82) is 0 Å². The first kappa shape index (κ1) is 13.5. The lowest BCUT2D eigenvalue weighted by Crippen LogP contribution is -2.14. The molecule has 0 aliphatic carbocycles. The van der Waals surface area contributed by atoms with Gasteiger partial charge in [-0.05, 0) is 35.0 Å². The number of benzene rings is 1. The highest BCUT2D eigenvalue weighted by molar-refractivity contribution is 9.10. The largest absolute Gasteiger partial charge is 0.495 e. The summed E-state index contributed by atoms with van der Waals surface area (Å²) in [5.74, 6) is 0.637. The van der Waals surface area contributed by atoms with E-state index in [1.807, 2.05) is 13.0 Å². The monoisotopic (exact) mass is 324 g/mol. The average molecular weight is 325 g/mol. The van der Waals surface area contributed by atoms with Crippen LogP contribution in [0.5, 0.6) is 5.75 Å². The van der Waals surface area contributed by atoms with Crippen LogP contribution in [0.15, 0.2) is 22.7 Å². The number of hydrogen-bond acceptors (Lipinski definition) is 4. The summed E-state index contributed by atoms with van der Waals surface area (Å²) in [6, 6.07) is 5.26. The minimum atomic E-state index is -0.290. The molecule has 0 spiro atoms. The van der Waals surface area contributed by atoms with Crippen LogP contribution < -0.4 is 10.1 Å². The maximum Gasteiger partial charge on any atom is 0.260 e. The third kappa shape index (κ3) is 2.60. The molecule has 0 fully saturated rings. The molecule has 0 unspecified atom stereocenters. The number of anilines is 1. The van der Waals surface area contributed by atoms with Crippen LogP contribution in [0.3, 0.4) is 0 Å². The Hall–Kier alpha value is -1.89. The van der Waals surface area contributed by atoms with Crippen molar-refractivity contribution < 1.29 is 9.53 Å². The van der Waals surface area contributed by atoms with E-state index in [4.69, 9.17) is 4.74 Å². The maximum atomic E-state index is 12.2. The number of para-hydroxylation sites is 1. The van der Waals surface area contributed by atoms with Crippen molar-refractivity contribution in [1.82, 2.24) is 15.0 Å². The number of rotatable bonds is 3. The zero-order valence-corrected chi connectivity index (χ0v) is 12.4. The summed E-state index contributed by atoms with van der Waals surface area (Å²) < 4.78 is 7.53. The van der Waals surface area contributed by atoms with E-state index in [0.717, 1.165) is 10.2 Å². The number of nitrogens with one attached hydrogen (secondary N) is 1. The summed E-state index contributed by atoms with van der Waals surface area (Å²) in [7, 11) is 3.28. The Kier molecular flexibility index (Phi) is 3.84. The van der Waals surface area contributed by atoms with E-state index >= 15 is 0 Å². The van der Waals surface area contributed by atoms with Crippen LogP contribution >= 0.6 is 15.9 Å². The molecule has 0 aliphatic heterocycles. The highest BCUT2D eigenvalue weighted by atomic mass is 79.9. The van der Waals surface area contributed by atoms with E-state index in [0.29, 0.717) is 17.1 Å². The molecule has 0 aliphatic rings. The van der Waals surface area contributed by atoms with Crippen molar-refractivity contribution in [2.45, 2.75) is 6.92 Å². The average Bonchev–Trinajstić information content (AvgIpc) is 2.70. The molecule has 7 heteroatoms. The third-order valence-electron chi connectivity index (χ3n) is 2.75. The van der Waals surface area contributed by atoms with Crippen molar-refractivity contribution in [3.05, 3.63) is 33.9 Å². The zero-order valence-electron chi connectivity index (χ0n) is 10.8. The van der Waals surface area contributed by atoms with E-state index in [2.05, 4.69) is 31.6 Å². The minimum Gasteiger partial charge on any atom is -0.495 e. The van der Waals surface area contributed by atoms with Crippen LogP contribution in [0.1, 0.15) is 16.1 Å². The summed E-state index contributed by atoms with van der Waals surface area (Å²) in [6.07, 6.45) is 0. The quantitative estimate of drug-likeness (QED) is 0.939. The van der Waals surface area contributed by atoms with Gasteiger partial charge in [0.25, 0.3) is 5.91 Å². The van der Waals surface area contributed by atoms with Gasteiger partial charge in [-0.1, -0.05) is 11.3 Å². The van der Waals surface area contributed by atoms with Gasteiger partial charge in [0.05, 0.1) is 22.8 Å². The van der Waals surface area contributed by atoms with Gasteiger partial charge < -0.3 is 10.1 Å². The van der Waals surface area contributed by atoms with Crippen molar-refractivity contribution in [3.8, 4) is 5.75 Å². The van der Waals surface area contributed by atoms with E-state index in [1.165, 1.54) is 7.11 Å². The Labute approximate surface area is 118 Å². The number of methoxy groups -OCH3 is 1. The normalized spacial score (nSPS) is 10.3. The van der Waals surface area contributed by atoms with Crippen molar-refractivity contribution in [2.75, 3.05) is 12.4 Å². The molecule has 100 valence electrons. The van der Waals surface area contributed by atoms with Crippen molar-refractivity contribution in [2.24, 2.45) is 7.05 Å². The van der Waals surface area contributed by atoms with Gasteiger partial charge in [-0.2, -0.15) is 0 Å². The summed E-state index contributed by atoms with van der Waals surface area (Å²) in [5, 5.41) is 10.4. The second-order valence-corrected chi connectivity index (χ2v) is 4.78. The van der Waals surface area contributed by atoms with E-state index in [-0.39, 0.29) is 5.91 Å². The molecule has 19 heavy (non-hydrogen) atoms. The van der Waals surface area contributed by atoms with Crippen LogP contribution in [-0.2, 0) is 7.05 Å². The SMILES string of the molecule is COc1c(Br)cccc1C(=O)Nc1nnn(C)c1C. The van der Waals surface area contributed by atoms with Gasteiger partial charge in [0, 0.05) is 7.05 Å². The first-order valence-corrected chi connectivity index (χ1v) is 6.34. The van der Waals surface area contributed by atoms with Crippen LogP contribution in [0, 0.1) is 6.92 Å².